The number of benzene rings is 1. The number of carbonyl (C=O) groups excluding carboxylic acids is 1. The van der Waals surface area contributed by atoms with E-state index >= 15 is 0 Å². The van der Waals surface area contributed by atoms with Crippen LogP contribution in [0.3, 0.4) is 0 Å². The van der Waals surface area contributed by atoms with Gasteiger partial charge in [0.2, 0.25) is 5.91 Å². The van der Waals surface area contributed by atoms with Gasteiger partial charge in [-0.3, -0.25) is 4.79 Å². The number of rotatable bonds is 8. The van der Waals surface area contributed by atoms with Gasteiger partial charge in [-0.15, -0.1) is 0 Å². The Hall–Kier alpha value is -1.55. The van der Waals surface area contributed by atoms with Gasteiger partial charge in [0.25, 0.3) is 0 Å². The van der Waals surface area contributed by atoms with Crippen LogP contribution in [-0.4, -0.2) is 31.1 Å². The van der Waals surface area contributed by atoms with E-state index in [-0.39, 0.29) is 17.5 Å². The molecule has 0 fully saturated rings. The quantitative estimate of drug-likeness (QED) is 0.774. The summed E-state index contributed by atoms with van der Waals surface area (Å²) in [5.74, 6) is 0.915. The Kier molecular flexibility index (Phi) is 6.69. The highest BCUT2D eigenvalue weighted by molar-refractivity contribution is 5.81. The molecule has 2 N–H and O–H groups in total. The lowest BCUT2D eigenvalue weighted by Crippen LogP contribution is -2.50. The average Bonchev–Trinajstić information content (AvgIpc) is 2.47. The molecule has 4 nitrogen and oxygen atoms in total. The molecule has 0 aliphatic rings. The molecule has 0 spiro atoms. The van der Waals surface area contributed by atoms with Crippen molar-refractivity contribution in [3.8, 4) is 5.75 Å². The highest BCUT2D eigenvalue weighted by Gasteiger charge is 2.21. The molecule has 1 unspecified atom stereocenters. The molecule has 1 rings (SSSR count). The normalized spacial score (nSPS) is 12.8. The maximum absolute atomic E-state index is 12.1. The van der Waals surface area contributed by atoms with E-state index in [1.165, 1.54) is 5.56 Å². The first-order chi connectivity index (χ1) is 9.88. The minimum absolute atomic E-state index is 0.0524. The van der Waals surface area contributed by atoms with Gasteiger partial charge in [0, 0.05) is 5.54 Å². The Morgan fingerprint density at radius 3 is 2.43 bits per heavy atom. The van der Waals surface area contributed by atoms with Crippen molar-refractivity contribution in [2.75, 3.05) is 13.7 Å². The van der Waals surface area contributed by atoms with Crippen molar-refractivity contribution >= 4 is 5.91 Å². The lowest BCUT2D eigenvalue weighted by Gasteiger charge is -2.26. The summed E-state index contributed by atoms with van der Waals surface area (Å²) in [6.45, 7) is 8.81. The van der Waals surface area contributed by atoms with Gasteiger partial charge >= 0.3 is 0 Å². The lowest BCUT2D eigenvalue weighted by atomic mass is 10.0. The molecular formula is C17H28N2O2. The van der Waals surface area contributed by atoms with Crippen LogP contribution >= 0.6 is 0 Å². The Morgan fingerprint density at radius 2 is 1.90 bits per heavy atom. The maximum Gasteiger partial charge on any atom is 0.237 e. The molecule has 0 saturated heterocycles. The molecule has 1 aromatic carbocycles. The zero-order valence-electron chi connectivity index (χ0n) is 13.8. The van der Waals surface area contributed by atoms with Crippen molar-refractivity contribution in [1.82, 2.24) is 10.6 Å². The molecule has 0 aliphatic carbocycles. The van der Waals surface area contributed by atoms with Gasteiger partial charge in [-0.05, 0) is 57.9 Å². The third-order valence-electron chi connectivity index (χ3n) is 3.76. The van der Waals surface area contributed by atoms with Crippen molar-refractivity contribution in [1.29, 1.82) is 0 Å². The molecule has 1 amide bonds. The number of hydrogen-bond acceptors (Lipinski definition) is 3. The zero-order chi connectivity index (χ0) is 15.9. The van der Waals surface area contributed by atoms with Gasteiger partial charge in [0.1, 0.15) is 5.75 Å². The highest BCUT2D eigenvalue weighted by atomic mass is 16.5. The summed E-state index contributed by atoms with van der Waals surface area (Å²) in [6.07, 6.45) is 1.80. The second kappa shape index (κ2) is 8.03. The third kappa shape index (κ3) is 6.17. The number of carbonyl (C=O) groups is 1. The van der Waals surface area contributed by atoms with Crippen LogP contribution in [0.4, 0.5) is 0 Å². The van der Waals surface area contributed by atoms with Gasteiger partial charge in [-0.2, -0.15) is 0 Å². The smallest absolute Gasteiger partial charge is 0.237 e. The van der Waals surface area contributed by atoms with Gasteiger partial charge in [-0.25, -0.2) is 0 Å². The van der Waals surface area contributed by atoms with Crippen molar-refractivity contribution in [3.05, 3.63) is 29.8 Å². The van der Waals surface area contributed by atoms with Crippen molar-refractivity contribution in [3.63, 3.8) is 0 Å². The molecule has 0 saturated carbocycles. The summed E-state index contributed by atoms with van der Waals surface area (Å²) >= 11 is 0. The Labute approximate surface area is 128 Å². The summed E-state index contributed by atoms with van der Waals surface area (Å²) in [6, 6.07) is 7.82. The van der Waals surface area contributed by atoms with E-state index in [0.717, 1.165) is 25.1 Å². The van der Waals surface area contributed by atoms with Crippen molar-refractivity contribution < 1.29 is 9.53 Å². The summed E-state index contributed by atoms with van der Waals surface area (Å²) in [5.41, 5.74) is 1.08. The summed E-state index contributed by atoms with van der Waals surface area (Å²) in [5, 5.41) is 6.31. The number of amides is 1. The number of methoxy groups -OCH3 is 1. The van der Waals surface area contributed by atoms with E-state index < -0.39 is 0 Å². The maximum atomic E-state index is 12.1. The molecule has 1 atom stereocenters. The van der Waals surface area contributed by atoms with Crippen LogP contribution in [0.5, 0.6) is 5.75 Å². The fraction of sp³-hybridized carbons (Fsp3) is 0.588. The van der Waals surface area contributed by atoms with Crippen LogP contribution in [0.15, 0.2) is 24.3 Å². The van der Waals surface area contributed by atoms with Crippen molar-refractivity contribution in [2.45, 2.75) is 52.1 Å². The summed E-state index contributed by atoms with van der Waals surface area (Å²) in [7, 11) is 1.66. The van der Waals surface area contributed by atoms with Gasteiger partial charge in [0.15, 0.2) is 0 Å². The summed E-state index contributed by atoms with van der Waals surface area (Å²) in [4.78, 5) is 12.1. The zero-order valence-corrected chi connectivity index (χ0v) is 13.8. The van der Waals surface area contributed by atoms with Gasteiger partial charge in [-0.1, -0.05) is 19.1 Å². The molecule has 0 bridgehead atoms. The second-order valence-corrected chi connectivity index (χ2v) is 6.00. The Morgan fingerprint density at radius 1 is 1.29 bits per heavy atom. The molecule has 21 heavy (non-hydrogen) atoms. The van der Waals surface area contributed by atoms with E-state index in [0.29, 0.717) is 0 Å². The van der Waals surface area contributed by atoms with Crippen molar-refractivity contribution in [2.24, 2.45) is 0 Å². The van der Waals surface area contributed by atoms with Gasteiger partial charge < -0.3 is 15.4 Å². The molecular weight excluding hydrogens is 264 g/mol. The van der Waals surface area contributed by atoms with Crippen LogP contribution in [0.25, 0.3) is 0 Å². The van der Waals surface area contributed by atoms with E-state index in [4.69, 9.17) is 4.74 Å². The van der Waals surface area contributed by atoms with Crippen LogP contribution < -0.4 is 15.4 Å². The van der Waals surface area contributed by atoms with Crippen LogP contribution in [-0.2, 0) is 11.2 Å². The molecule has 118 valence electrons. The topological polar surface area (TPSA) is 50.4 Å². The van der Waals surface area contributed by atoms with Crippen LogP contribution in [0, 0.1) is 0 Å². The largest absolute Gasteiger partial charge is 0.497 e. The molecule has 0 radical (unpaired) electrons. The first kappa shape index (κ1) is 17.5. The molecule has 0 heterocycles. The molecule has 1 aromatic rings. The average molecular weight is 292 g/mol. The summed E-state index contributed by atoms with van der Waals surface area (Å²) < 4.78 is 5.13. The minimum Gasteiger partial charge on any atom is -0.497 e. The standard InChI is InChI=1S/C17H28N2O2/c1-6-17(3,4)19-16(20)13(2)18-12-11-14-7-9-15(21-5)10-8-14/h7-10,13,18H,6,11-12H2,1-5H3,(H,19,20). The van der Waals surface area contributed by atoms with E-state index in [1.807, 2.05) is 45.0 Å². The SMILES string of the molecule is CCC(C)(C)NC(=O)C(C)NCCc1ccc(OC)cc1. The highest BCUT2D eigenvalue weighted by Crippen LogP contribution is 2.11. The Balaban J connectivity index is 2.35. The molecule has 4 heteroatoms. The number of ether oxygens (including phenoxy) is 1. The predicted octanol–water partition coefficient (Wildman–Crippen LogP) is 2.52. The Bertz CT molecular complexity index is 441. The van der Waals surface area contributed by atoms with E-state index in [9.17, 15) is 4.79 Å². The number of hydrogen-bond donors (Lipinski definition) is 2. The molecule has 0 aromatic heterocycles. The third-order valence-corrected chi connectivity index (χ3v) is 3.76. The first-order valence-corrected chi connectivity index (χ1v) is 7.56. The fourth-order valence-corrected chi connectivity index (χ4v) is 1.85. The first-order valence-electron chi connectivity index (χ1n) is 7.56. The lowest BCUT2D eigenvalue weighted by molar-refractivity contribution is -0.124. The van der Waals surface area contributed by atoms with Gasteiger partial charge in [0.05, 0.1) is 13.2 Å². The number of nitrogens with one attached hydrogen (secondary N) is 2. The van der Waals surface area contributed by atoms with E-state index in [1.54, 1.807) is 7.11 Å². The van der Waals surface area contributed by atoms with Crippen LogP contribution in [0.2, 0.25) is 0 Å². The van der Waals surface area contributed by atoms with E-state index in [2.05, 4.69) is 17.6 Å². The molecule has 0 aliphatic heterocycles. The second-order valence-electron chi connectivity index (χ2n) is 6.00. The fourth-order valence-electron chi connectivity index (χ4n) is 1.85. The predicted molar refractivity (Wildman–Crippen MR) is 86.7 cm³/mol. The monoisotopic (exact) mass is 292 g/mol. The minimum atomic E-state index is -0.186. The van der Waals surface area contributed by atoms with Crippen LogP contribution in [0.1, 0.15) is 39.7 Å².